The molecule has 0 amide bonds. The Hall–Kier alpha value is -1.61. The SMILES string of the molecule is C=CC(O)CCCCOC(=O)c1ccccc1. The zero-order valence-electron chi connectivity index (χ0n) is 9.84. The van der Waals surface area contributed by atoms with Crippen LogP contribution in [-0.2, 0) is 4.74 Å². The molecular weight excluding hydrogens is 216 g/mol. The Morgan fingerprint density at radius 1 is 1.35 bits per heavy atom. The lowest BCUT2D eigenvalue weighted by molar-refractivity contribution is 0.0495. The van der Waals surface area contributed by atoms with Gasteiger partial charge in [0.2, 0.25) is 0 Å². The van der Waals surface area contributed by atoms with Crippen LogP contribution in [0.4, 0.5) is 0 Å². The fraction of sp³-hybridized carbons (Fsp3) is 0.357. The molecule has 1 rings (SSSR count). The van der Waals surface area contributed by atoms with Crippen molar-refractivity contribution in [3.8, 4) is 0 Å². The van der Waals surface area contributed by atoms with Crippen molar-refractivity contribution in [1.29, 1.82) is 0 Å². The van der Waals surface area contributed by atoms with E-state index < -0.39 is 6.10 Å². The zero-order valence-corrected chi connectivity index (χ0v) is 9.84. The molecule has 3 nitrogen and oxygen atoms in total. The van der Waals surface area contributed by atoms with E-state index in [-0.39, 0.29) is 5.97 Å². The van der Waals surface area contributed by atoms with Crippen molar-refractivity contribution in [2.75, 3.05) is 6.61 Å². The van der Waals surface area contributed by atoms with Gasteiger partial charge in [0.25, 0.3) is 0 Å². The van der Waals surface area contributed by atoms with Crippen molar-refractivity contribution < 1.29 is 14.6 Å². The molecule has 1 atom stereocenters. The number of hydrogen-bond acceptors (Lipinski definition) is 3. The molecule has 0 spiro atoms. The maximum absolute atomic E-state index is 11.5. The largest absolute Gasteiger partial charge is 0.462 e. The summed E-state index contributed by atoms with van der Waals surface area (Å²) in [5.41, 5.74) is 0.568. The van der Waals surface area contributed by atoms with E-state index in [4.69, 9.17) is 4.74 Å². The summed E-state index contributed by atoms with van der Waals surface area (Å²) in [7, 11) is 0. The number of rotatable bonds is 7. The highest BCUT2D eigenvalue weighted by molar-refractivity contribution is 5.89. The summed E-state index contributed by atoms with van der Waals surface area (Å²) in [4.78, 5) is 11.5. The quantitative estimate of drug-likeness (QED) is 0.448. The Morgan fingerprint density at radius 3 is 2.71 bits per heavy atom. The van der Waals surface area contributed by atoms with Crippen LogP contribution >= 0.6 is 0 Å². The molecule has 0 aromatic heterocycles. The fourth-order valence-corrected chi connectivity index (χ4v) is 1.40. The predicted octanol–water partition coefficient (Wildman–Crippen LogP) is 2.56. The van der Waals surface area contributed by atoms with E-state index >= 15 is 0 Å². The van der Waals surface area contributed by atoms with Crippen molar-refractivity contribution >= 4 is 5.97 Å². The second-order valence-electron chi connectivity index (χ2n) is 3.80. The minimum absolute atomic E-state index is 0.296. The van der Waals surface area contributed by atoms with Crippen LogP contribution in [0.1, 0.15) is 29.6 Å². The van der Waals surface area contributed by atoms with Gasteiger partial charge in [-0.2, -0.15) is 0 Å². The molecule has 1 N–H and O–H groups in total. The van der Waals surface area contributed by atoms with Gasteiger partial charge < -0.3 is 9.84 Å². The molecule has 1 aromatic rings. The van der Waals surface area contributed by atoms with Crippen LogP contribution in [-0.4, -0.2) is 23.8 Å². The molecule has 0 heterocycles. The molecule has 1 unspecified atom stereocenters. The van der Waals surface area contributed by atoms with Crippen LogP contribution in [0, 0.1) is 0 Å². The summed E-state index contributed by atoms with van der Waals surface area (Å²) in [6.45, 7) is 3.88. The second-order valence-corrected chi connectivity index (χ2v) is 3.80. The van der Waals surface area contributed by atoms with E-state index in [2.05, 4.69) is 6.58 Å². The van der Waals surface area contributed by atoms with Gasteiger partial charge in [0.15, 0.2) is 0 Å². The molecule has 0 fully saturated rings. The van der Waals surface area contributed by atoms with Gasteiger partial charge in [-0.3, -0.25) is 0 Å². The van der Waals surface area contributed by atoms with Crippen molar-refractivity contribution in [1.82, 2.24) is 0 Å². The summed E-state index contributed by atoms with van der Waals surface area (Å²) in [5.74, 6) is -0.296. The number of unbranched alkanes of at least 4 members (excludes halogenated alkanes) is 1. The van der Waals surface area contributed by atoms with Crippen LogP contribution < -0.4 is 0 Å². The van der Waals surface area contributed by atoms with Gasteiger partial charge in [0.1, 0.15) is 0 Å². The number of esters is 1. The molecule has 1 aromatic carbocycles. The normalized spacial score (nSPS) is 11.8. The molecule has 3 heteroatoms. The van der Waals surface area contributed by atoms with Crippen molar-refractivity contribution in [3.05, 3.63) is 48.6 Å². The lowest BCUT2D eigenvalue weighted by Crippen LogP contribution is -2.07. The van der Waals surface area contributed by atoms with Crippen LogP contribution in [0.5, 0.6) is 0 Å². The average Bonchev–Trinajstić information content (AvgIpc) is 2.38. The Labute approximate surface area is 102 Å². The summed E-state index contributed by atoms with van der Waals surface area (Å²) >= 11 is 0. The number of aliphatic hydroxyl groups is 1. The van der Waals surface area contributed by atoms with E-state index in [0.717, 1.165) is 12.8 Å². The highest BCUT2D eigenvalue weighted by Crippen LogP contribution is 2.04. The van der Waals surface area contributed by atoms with Gasteiger partial charge in [-0.1, -0.05) is 24.3 Å². The first-order chi connectivity index (χ1) is 8.24. The maximum Gasteiger partial charge on any atom is 0.338 e. The summed E-state index contributed by atoms with van der Waals surface area (Å²) in [6, 6.07) is 8.91. The highest BCUT2D eigenvalue weighted by atomic mass is 16.5. The Balaban J connectivity index is 2.15. The van der Waals surface area contributed by atoms with Gasteiger partial charge >= 0.3 is 5.97 Å². The molecule has 92 valence electrons. The molecule has 0 aliphatic heterocycles. The van der Waals surface area contributed by atoms with Crippen LogP contribution in [0.15, 0.2) is 43.0 Å². The number of carbonyl (C=O) groups excluding carboxylic acids is 1. The Kier molecular flexibility index (Phi) is 6.04. The van der Waals surface area contributed by atoms with E-state index in [1.165, 1.54) is 6.08 Å². The fourth-order valence-electron chi connectivity index (χ4n) is 1.40. The molecule has 17 heavy (non-hydrogen) atoms. The van der Waals surface area contributed by atoms with E-state index in [1.54, 1.807) is 24.3 Å². The minimum Gasteiger partial charge on any atom is -0.462 e. The van der Waals surface area contributed by atoms with Crippen LogP contribution in [0.25, 0.3) is 0 Å². The first-order valence-corrected chi connectivity index (χ1v) is 5.77. The van der Waals surface area contributed by atoms with Gasteiger partial charge in [0.05, 0.1) is 18.3 Å². The standard InChI is InChI=1S/C14H18O3/c1-2-13(15)10-6-7-11-17-14(16)12-8-4-3-5-9-12/h2-5,8-9,13,15H,1,6-7,10-11H2. The van der Waals surface area contributed by atoms with Gasteiger partial charge in [-0.05, 0) is 31.4 Å². The first kappa shape index (κ1) is 13.5. The number of benzene rings is 1. The number of carbonyl (C=O) groups is 1. The topological polar surface area (TPSA) is 46.5 Å². The first-order valence-electron chi connectivity index (χ1n) is 5.77. The van der Waals surface area contributed by atoms with E-state index in [1.807, 2.05) is 6.07 Å². The number of hydrogen-bond donors (Lipinski definition) is 1. The van der Waals surface area contributed by atoms with Crippen LogP contribution in [0.3, 0.4) is 0 Å². The summed E-state index contributed by atoms with van der Waals surface area (Å²) in [5, 5.41) is 9.22. The molecule has 0 aliphatic rings. The lowest BCUT2D eigenvalue weighted by atomic mass is 10.1. The smallest absolute Gasteiger partial charge is 0.338 e. The molecular formula is C14H18O3. The van der Waals surface area contributed by atoms with Crippen molar-refractivity contribution in [3.63, 3.8) is 0 Å². The zero-order chi connectivity index (χ0) is 12.5. The molecule has 0 aliphatic carbocycles. The summed E-state index contributed by atoms with van der Waals surface area (Å²) < 4.78 is 5.10. The van der Waals surface area contributed by atoms with Gasteiger partial charge in [-0.15, -0.1) is 6.58 Å². The lowest BCUT2D eigenvalue weighted by Gasteiger charge is -2.06. The number of ether oxygens (including phenoxy) is 1. The molecule has 0 saturated carbocycles. The highest BCUT2D eigenvalue weighted by Gasteiger charge is 2.05. The monoisotopic (exact) mass is 234 g/mol. The maximum atomic E-state index is 11.5. The third kappa shape index (κ3) is 5.31. The Bertz CT molecular complexity index is 346. The van der Waals surface area contributed by atoms with E-state index in [0.29, 0.717) is 18.6 Å². The van der Waals surface area contributed by atoms with Crippen LogP contribution in [0.2, 0.25) is 0 Å². The van der Waals surface area contributed by atoms with Gasteiger partial charge in [-0.25, -0.2) is 4.79 Å². The van der Waals surface area contributed by atoms with Crippen molar-refractivity contribution in [2.24, 2.45) is 0 Å². The van der Waals surface area contributed by atoms with Crippen molar-refractivity contribution in [2.45, 2.75) is 25.4 Å². The molecule has 0 saturated heterocycles. The second kappa shape index (κ2) is 7.63. The predicted molar refractivity (Wildman–Crippen MR) is 66.8 cm³/mol. The molecule has 0 bridgehead atoms. The molecule has 0 radical (unpaired) electrons. The minimum atomic E-state index is -0.458. The average molecular weight is 234 g/mol. The third-order valence-electron chi connectivity index (χ3n) is 2.41. The Morgan fingerprint density at radius 2 is 2.06 bits per heavy atom. The third-order valence-corrected chi connectivity index (χ3v) is 2.41. The van der Waals surface area contributed by atoms with E-state index in [9.17, 15) is 9.90 Å². The number of aliphatic hydroxyl groups excluding tert-OH is 1. The van der Waals surface area contributed by atoms with Gasteiger partial charge in [0, 0.05) is 0 Å². The summed E-state index contributed by atoms with van der Waals surface area (Å²) in [6.07, 6.45) is 3.28.